The molecule has 0 fully saturated rings. The summed E-state index contributed by atoms with van der Waals surface area (Å²) in [6.07, 6.45) is 0.433. The number of ether oxygens (including phenoxy) is 3. The molecule has 0 atom stereocenters. The van der Waals surface area contributed by atoms with Crippen LogP contribution in [0.3, 0.4) is 0 Å². The van der Waals surface area contributed by atoms with Crippen molar-refractivity contribution in [3.05, 3.63) is 0 Å². The first-order valence-electron chi connectivity index (χ1n) is 3.94. The van der Waals surface area contributed by atoms with E-state index in [0.717, 1.165) is 0 Å². The summed E-state index contributed by atoms with van der Waals surface area (Å²) >= 11 is 0. The van der Waals surface area contributed by atoms with Gasteiger partial charge in [0, 0.05) is 0 Å². The Hall–Kier alpha value is -0.120. The van der Waals surface area contributed by atoms with Crippen LogP contribution in [0.4, 0.5) is 0 Å². The van der Waals surface area contributed by atoms with Crippen LogP contribution in [0.2, 0.25) is 0 Å². The molecule has 0 N–H and O–H groups in total. The Morgan fingerprint density at radius 1 is 0.833 bits per heavy atom. The van der Waals surface area contributed by atoms with E-state index in [9.17, 15) is 0 Å². The van der Waals surface area contributed by atoms with Crippen LogP contribution in [0.1, 0.15) is 35.1 Å². The normalized spacial score (nSPS) is 10.5. The van der Waals surface area contributed by atoms with Gasteiger partial charge in [0.2, 0.25) is 0 Å². The molecule has 0 heterocycles. The van der Waals surface area contributed by atoms with Crippen molar-refractivity contribution in [3.8, 4) is 0 Å². The fraction of sp³-hybridized carbons (Fsp3) is 1.00. The highest BCUT2D eigenvalue weighted by Gasteiger charge is 1.94. The highest BCUT2D eigenvalue weighted by Crippen LogP contribution is 1.90. The number of hydrogen-bond donors (Lipinski definition) is 0. The second-order valence-corrected chi connectivity index (χ2v) is 2.87. The topological polar surface area (TPSA) is 27.7 Å². The average Bonchev–Trinajstić information content (AvgIpc) is 1.85. The molecule has 0 aromatic carbocycles. The van der Waals surface area contributed by atoms with Gasteiger partial charge in [0.1, 0.15) is 13.6 Å². The molecule has 0 saturated carbocycles. The summed E-state index contributed by atoms with van der Waals surface area (Å²) in [6, 6.07) is 0. The Bertz CT molecular complexity index is 71.8. The third kappa shape index (κ3) is 12.5. The molecule has 0 aromatic rings. The lowest BCUT2D eigenvalue weighted by atomic mass is 10.5. The summed E-state index contributed by atoms with van der Waals surface area (Å²) < 4.78 is 15.3. The minimum absolute atomic E-state index is 0. The molecule has 0 saturated heterocycles. The van der Waals surface area contributed by atoms with E-state index in [1.165, 1.54) is 0 Å². The quantitative estimate of drug-likeness (QED) is 0.462. The number of hydrogen-bond acceptors (Lipinski definition) is 3. The van der Waals surface area contributed by atoms with E-state index in [1.54, 1.807) is 0 Å². The van der Waals surface area contributed by atoms with Gasteiger partial charge in [-0.2, -0.15) is 0 Å². The maximum absolute atomic E-state index is 5.12. The van der Waals surface area contributed by atoms with Crippen molar-refractivity contribution >= 4 is 0 Å². The SMILES string of the molecule is C.CC(C)OCOCOC(C)C. The molecule has 0 amide bonds. The van der Waals surface area contributed by atoms with Crippen LogP contribution < -0.4 is 0 Å². The zero-order valence-corrected chi connectivity index (χ0v) is 7.79. The van der Waals surface area contributed by atoms with Gasteiger partial charge in [-0.1, -0.05) is 7.43 Å². The molecule has 3 heteroatoms. The highest BCUT2D eigenvalue weighted by atomic mass is 16.7. The molecule has 0 aliphatic heterocycles. The van der Waals surface area contributed by atoms with E-state index < -0.39 is 0 Å². The van der Waals surface area contributed by atoms with Crippen LogP contribution in [0, 0.1) is 0 Å². The molecule has 0 aliphatic rings. The van der Waals surface area contributed by atoms with Gasteiger partial charge in [0.05, 0.1) is 12.2 Å². The van der Waals surface area contributed by atoms with E-state index in [4.69, 9.17) is 14.2 Å². The van der Waals surface area contributed by atoms with Gasteiger partial charge in [-0.15, -0.1) is 0 Å². The van der Waals surface area contributed by atoms with Crippen LogP contribution >= 0.6 is 0 Å². The molecule has 76 valence electrons. The van der Waals surface area contributed by atoms with E-state index in [1.807, 2.05) is 27.7 Å². The van der Waals surface area contributed by atoms with Crippen molar-refractivity contribution in [3.63, 3.8) is 0 Å². The fourth-order valence-electron chi connectivity index (χ4n) is 0.402. The lowest BCUT2D eigenvalue weighted by molar-refractivity contribution is -0.154. The van der Waals surface area contributed by atoms with Crippen molar-refractivity contribution in [1.82, 2.24) is 0 Å². The maximum Gasteiger partial charge on any atom is 0.149 e. The second-order valence-electron chi connectivity index (χ2n) is 2.87. The summed E-state index contributed by atoms with van der Waals surface area (Å²) in [5.74, 6) is 0. The second kappa shape index (κ2) is 8.97. The van der Waals surface area contributed by atoms with E-state index in [-0.39, 0.29) is 19.6 Å². The van der Waals surface area contributed by atoms with Crippen molar-refractivity contribution in [1.29, 1.82) is 0 Å². The molecule has 0 bridgehead atoms. The van der Waals surface area contributed by atoms with Crippen molar-refractivity contribution in [2.24, 2.45) is 0 Å². The maximum atomic E-state index is 5.12. The van der Waals surface area contributed by atoms with Gasteiger partial charge in [-0.3, -0.25) is 0 Å². The predicted octanol–water partition coefficient (Wildman–Crippen LogP) is 2.40. The fourth-order valence-corrected chi connectivity index (χ4v) is 0.402. The third-order valence-electron chi connectivity index (χ3n) is 0.969. The standard InChI is InChI=1S/C8H18O3.CH4/c1-7(2)10-5-9-6-11-8(3)4;/h7-8H,5-6H2,1-4H3;1H4. The summed E-state index contributed by atoms with van der Waals surface area (Å²) in [4.78, 5) is 0. The molecule has 0 aliphatic carbocycles. The largest absolute Gasteiger partial charge is 0.353 e. The smallest absolute Gasteiger partial charge is 0.149 e. The van der Waals surface area contributed by atoms with Crippen LogP contribution in [0.15, 0.2) is 0 Å². The van der Waals surface area contributed by atoms with Crippen LogP contribution in [0.5, 0.6) is 0 Å². The monoisotopic (exact) mass is 178 g/mol. The van der Waals surface area contributed by atoms with Gasteiger partial charge in [0.15, 0.2) is 0 Å². The van der Waals surface area contributed by atoms with Crippen molar-refractivity contribution < 1.29 is 14.2 Å². The van der Waals surface area contributed by atoms with Crippen molar-refractivity contribution in [2.45, 2.75) is 47.3 Å². The Kier molecular flexibility index (Phi) is 10.8. The minimum atomic E-state index is 0. The summed E-state index contributed by atoms with van der Waals surface area (Å²) in [5.41, 5.74) is 0. The summed E-state index contributed by atoms with van der Waals surface area (Å²) in [7, 11) is 0. The third-order valence-corrected chi connectivity index (χ3v) is 0.969. The summed E-state index contributed by atoms with van der Waals surface area (Å²) in [6.45, 7) is 8.48. The van der Waals surface area contributed by atoms with Crippen molar-refractivity contribution in [2.75, 3.05) is 13.6 Å². The van der Waals surface area contributed by atoms with Gasteiger partial charge >= 0.3 is 0 Å². The first kappa shape index (κ1) is 14.4. The molecule has 0 unspecified atom stereocenters. The first-order chi connectivity index (χ1) is 5.13. The Balaban J connectivity index is 0. The van der Waals surface area contributed by atoms with Gasteiger partial charge in [-0.05, 0) is 27.7 Å². The molecular weight excluding hydrogens is 156 g/mol. The molecule has 0 radical (unpaired) electrons. The first-order valence-corrected chi connectivity index (χ1v) is 3.94. The van der Waals surface area contributed by atoms with Gasteiger partial charge in [-0.25, -0.2) is 0 Å². The van der Waals surface area contributed by atoms with E-state index in [0.29, 0.717) is 13.6 Å². The molecule has 0 aromatic heterocycles. The van der Waals surface area contributed by atoms with Crippen LogP contribution in [-0.2, 0) is 14.2 Å². The molecular formula is C9H22O3. The van der Waals surface area contributed by atoms with Gasteiger partial charge < -0.3 is 14.2 Å². The van der Waals surface area contributed by atoms with E-state index >= 15 is 0 Å². The average molecular weight is 178 g/mol. The molecule has 3 nitrogen and oxygen atoms in total. The number of rotatable bonds is 6. The Labute approximate surface area is 76.0 Å². The zero-order valence-electron chi connectivity index (χ0n) is 7.79. The van der Waals surface area contributed by atoms with Gasteiger partial charge in [0.25, 0.3) is 0 Å². The molecule has 12 heavy (non-hydrogen) atoms. The summed E-state index contributed by atoms with van der Waals surface area (Å²) in [5, 5.41) is 0. The molecule has 0 spiro atoms. The van der Waals surface area contributed by atoms with Crippen LogP contribution in [0.25, 0.3) is 0 Å². The Morgan fingerprint density at radius 2 is 1.17 bits per heavy atom. The van der Waals surface area contributed by atoms with Crippen LogP contribution in [-0.4, -0.2) is 25.8 Å². The predicted molar refractivity (Wildman–Crippen MR) is 50.0 cm³/mol. The molecule has 0 rings (SSSR count). The van der Waals surface area contributed by atoms with E-state index in [2.05, 4.69) is 0 Å². The minimum Gasteiger partial charge on any atom is -0.353 e. The lowest BCUT2D eigenvalue weighted by Gasteiger charge is -2.10. The zero-order chi connectivity index (χ0) is 8.69. The lowest BCUT2D eigenvalue weighted by Crippen LogP contribution is -2.11. The Morgan fingerprint density at radius 3 is 1.42 bits per heavy atom. The highest BCUT2D eigenvalue weighted by molar-refractivity contribution is 4.31.